The summed E-state index contributed by atoms with van der Waals surface area (Å²) in [5.74, 6) is 0.421. The average Bonchev–Trinajstić information content (AvgIpc) is 2.41. The van der Waals surface area contributed by atoms with E-state index in [2.05, 4.69) is 0 Å². The van der Waals surface area contributed by atoms with Crippen molar-refractivity contribution in [3.05, 3.63) is 63.9 Å². The van der Waals surface area contributed by atoms with Crippen molar-refractivity contribution in [3.63, 3.8) is 0 Å². The molecule has 0 heterocycles. The van der Waals surface area contributed by atoms with Gasteiger partial charge in [-0.25, -0.2) is 4.39 Å². The zero-order valence-corrected chi connectivity index (χ0v) is 13.0. The molecule has 2 aromatic carbocycles. The van der Waals surface area contributed by atoms with Gasteiger partial charge in [-0.3, -0.25) is 0 Å². The Balaban J connectivity index is 1.92. The van der Waals surface area contributed by atoms with E-state index in [1.165, 1.54) is 12.1 Å². The van der Waals surface area contributed by atoms with Crippen molar-refractivity contribution in [3.8, 4) is 0 Å². The molecule has 0 radical (unpaired) electrons. The molecule has 2 rings (SSSR count). The number of hydrogen-bond donors (Lipinski definition) is 1. The lowest BCUT2D eigenvalue weighted by atomic mass is 10.1. The monoisotopic (exact) mass is 329 g/mol. The van der Waals surface area contributed by atoms with Crippen molar-refractivity contribution >= 4 is 35.0 Å². The van der Waals surface area contributed by atoms with Gasteiger partial charge >= 0.3 is 0 Å². The molecule has 5 heteroatoms. The molecule has 0 aliphatic heterocycles. The maximum atomic E-state index is 13.6. The molecule has 1 nitrogen and oxygen atoms in total. The summed E-state index contributed by atoms with van der Waals surface area (Å²) >= 11 is 13.4. The molecule has 0 aliphatic carbocycles. The van der Waals surface area contributed by atoms with Crippen LogP contribution in [0, 0.1) is 5.82 Å². The maximum Gasteiger partial charge on any atom is 0.126 e. The van der Waals surface area contributed by atoms with E-state index < -0.39 is 0 Å². The van der Waals surface area contributed by atoms with E-state index in [-0.39, 0.29) is 11.9 Å². The first-order valence-electron chi connectivity index (χ1n) is 6.12. The summed E-state index contributed by atoms with van der Waals surface area (Å²) in [5, 5.41) is 1.22. The molecule has 2 N–H and O–H groups in total. The van der Waals surface area contributed by atoms with E-state index >= 15 is 0 Å². The fourth-order valence-corrected chi connectivity index (χ4v) is 3.16. The smallest absolute Gasteiger partial charge is 0.126 e. The van der Waals surface area contributed by atoms with Crippen LogP contribution >= 0.6 is 35.0 Å². The van der Waals surface area contributed by atoms with Crippen molar-refractivity contribution in [2.24, 2.45) is 5.73 Å². The van der Waals surface area contributed by atoms with E-state index in [1.807, 2.05) is 24.3 Å². The Kier molecular flexibility index (Phi) is 5.73. The lowest BCUT2D eigenvalue weighted by molar-refractivity contribution is 0.597. The van der Waals surface area contributed by atoms with E-state index in [1.54, 1.807) is 17.8 Å². The molecular formula is C15H14Cl2FNS. The predicted molar refractivity (Wildman–Crippen MR) is 85.3 cm³/mol. The largest absolute Gasteiger partial charge is 0.327 e. The van der Waals surface area contributed by atoms with Gasteiger partial charge in [0.1, 0.15) is 5.82 Å². The van der Waals surface area contributed by atoms with Crippen LogP contribution < -0.4 is 5.73 Å². The lowest BCUT2D eigenvalue weighted by Crippen LogP contribution is -2.26. The number of nitrogens with two attached hydrogens (primary N) is 1. The van der Waals surface area contributed by atoms with Crippen LogP contribution in [-0.2, 0) is 6.42 Å². The fraction of sp³-hybridized carbons (Fsp3) is 0.200. The van der Waals surface area contributed by atoms with Crippen LogP contribution in [0.2, 0.25) is 10.0 Å². The molecule has 1 unspecified atom stereocenters. The first-order chi connectivity index (χ1) is 9.54. The Labute approximate surface area is 132 Å². The van der Waals surface area contributed by atoms with Gasteiger partial charge in [-0.2, -0.15) is 0 Å². The van der Waals surface area contributed by atoms with Gasteiger partial charge in [0.05, 0.1) is 0 Å². The van der Waals surface area contributed by atoms with Gasteiger partial charge in [-0.15, -0.1) is 11.8 Å². The van der Waals surface area contributed by atoms with Crippen LogP contribution in [0.15, 0.2) is 47.4 Å². The van der Waals surface area contributed by atoms with Crippen molar-refractivity contribution in [1.29, 1.82) is 0 Å². The van der Waals surface area contributed by atoms with Crippen molar-refractivity contribution in [1.82, 2.24) is 0 Å². The number of thioether (sulfide) groups is 1. The summed E-state index contributed by atoms with van der Waals surface area (Å²) < 4.78 is 13.6. The summed E-state index contributed by atoms with van der Waals surface area (Å²) in [6.07, 6.45) is 0.458. The zero-order chi connectivity index (χ0) is 14.5. The number of rotatable bonds is 5. The SMILES string of the molecule is NC(CSc1cccc(Cl)c1)Cc1cc(Cl)ccc1F. The molecule has 0 amide bonds. The molecule has 1 atom stereocenters. The molecule has 0 aromatic heterocycles. The zero-order valence-electron chi connectivity index (χ0n) is 10.7. The first-order valence-corrected chi connectivity index (χ1v) is 7.86. The number of benzene rings is 2. The second-order valence-electron chi connectivity index (χ2n) is 4.47. The van der Waals surface area contributed by atoms with E-state index in [0.29, 0.717) is 27.8 Å². The molecule has 0 fully saturated rings. The number of hydrogen-bond acceptors (Lipinski definition) is 2. The second kappa shape index (κ2) is 7.32. The van der Waals surface area contributed by atoms with Gasteiger partial charge in [0.25, 0.3) is 0 Å². The average molecular weight is 330 g/mol. The Morgan fingerprint density at radius 3 is 2.60 bits per heavy atom. The Morgan fingerprint density at radius 1 is 1.10 bits per heavy atom. The van der Waals surface area contributed by atoms with Crippen LogP contribution in [0.4, 0.5) is 4.39 Å². The van der Waals surface area contributed by atoms with E-state index in [4.69, 9.17) is 28.9 Å². The third kappa shape index (κ3) is 4.67. The lowest BCUT2D eigenvalue weighted by Gasteiger charge is -2.12. The highest BCUT2D eigenvalue weighted by Gasteiger charge is 2.10. The summed E-state index contributed by atoms with van der Waals surface area (Å²) in [4.78, 5) is 1.06. The first kappa shape index (κ1) is 15.6. The highest BCUT2D eigenvalue weighted by atomic mass is 35.5. The molecule has 20 heavy (non-hydrogen) atoms. The molecule has 0 aliphatic rings. The van der Waals surface area contributed by atoms with Gasteiger partial charge in [-0.05, 0) is 48.4 Å². The molecule has 0 saturated heterocycles. The Morgan fingerprint density at radius 2 is 1.85 bits per heavy atom. The molecule has 106 valence electrons. The van der Waals surface area contributed by atoms with Crippen LogP contribution in [0.5, 0.6) is 0 Å². The predicted octanol–water partition coefficient (Wildman–Crippen LogP) is 4.79. The quantitative estimate of drug-likeness (QED) is 0.798. The molecule has 2 aromatic rings. The van der Waals surface area contributed by atoms with Crippen LogP contribution in [0.25, 0.3) is 0 Å². The Bertz CT molecular complexity index is 592. The third-order valence-electron chi connectivity index (χ3n) is 2.75. The van der Waals surface area contributed by atoms with Crippen LogP contribution in [0.1, 0.15) is 5.56 Å². The minimum atomic E-state index is -0.266. The molecule has 0 saturated carbocycles. The molecule has 0 bridgehead atoms. The number of halogens is 3. The summed E-state index contributed by atoms with van der Waals surface area (Å²) in [6.45, 7) is 0. The van der Waals surface area contributed by atoms with Gasteiger partial charge in [0.2, 0.25) is 0 Å². The standard InChI is InChI=1S/C15H14Cl2FNS/c16-11-2-1-3-14(8-11)20-9-13(19)7-10-6-12(17)4-5-15(10)18/h1-6,8,13H,7,9,19H2. The topological polar surface area (TPSA) is 26.0 Å². The Hall–Kier alpha value is -0.740. The second-order valence-corrected chi connectivity index (χ2v) is 6.43. The summed E-state index contributed by atoms with van der Waals surface area (Å²) in [5.41, 5.74) is 6.60. The van der Waals surface area contributed by atoms with Gasteiger partial charge in [0, 0.05) is 26.7 Å². The van der Waals surface area contributed by atoms with Crippen molar-refractivity contribution in [2.45, 2.75) is 17.4 Å². The molecular weight excluding hydrogens is 316 g/mol. The highest BCUT2D eigenvalue weighted by molar-refractivity contribution is 7.99. The maximum absolute atomic E-state index is 13.6. The van der Waals surface area contributed by atoms with Gasteiger partial charge in [0.15, 0.2) is 0 Å². The van der Waals surface area contributed by atoms with Crippen LogP contribution in [-0.4, -0.2) is 11.8 Å². The van der Waals surface area contributed by atoms with Gasteiger partial charge in [-0.1, -0.05) is 29.3 Å². The minimum absolute atomic E-state index is 0.146. The fourth-order valence-electron chi connectivity index (χ4n) is 1.80. The van der Waals surface area contributed by atoms with Crippen molar-refractivity contribution < 1.29 is 4.39 Å². The van der Waals surface area contributed by atoms with E-state index in [0.717, 1.165) is 4.90 Å². The van der Waals surface area contributed by atoms with Crippen molar-refractivity contribution in [2.75, 3.05) is 5.75 Å². The summed E-state index contributed by atoms with van der Waals surface area (Å²) in [6, 6.07) is 12.0. The minimum Gasteiger partial charge on any atom is -0.327 e. The summed E-state index contributed by atoms with van der Waals surface area (Å²) in [7, 11) is 0. The van der Waals surface area contributed by atoms with Gasteiger partial charge < -0.3 is 5.73 Å². The highest BCUT2D eigenvalue weighted by Crippen LogP contribution is 2.23. The van der Waals surface area contributed by atoms with E-state index in [9.17, 15) is 4.39 Å². The normalized spacial score (nSPS) is 12.4. The third-order valence-corrected chi connectivity index (χ3v) is 4.40. The molecule has 0 spiro atoms. The van der Waals surface area contributed by atoms with Crippen LogP contribution in [0.3, 0.4) is 0 Å².